The molecule has 0 aromatic carbocycles. The lowest BCUT2D eigenvalue weighted by Crippen LogP contribution is -1.87. The highest BCUT2D eigenvalue weighted by atomic mass is 16.5. The fourth-order valence-electron chi connectivity index (χ4n) is 1.17. The van der Waals surface area contributed by atoms with Crippen LogP contribution in [0, 0.1) is 0 Å². The second-order valence-corrected chi connectivity index (χ2v) is 2.63. The van der Waals surface area contributed by atoms with E-state index in [4.69, 9.17) is 4.74 Å². The highest BCUT2D eigenvalue weighted by molar-refractivity contribution is 5.24. The quantitative estimate of drug-likeness (QED) is 0.582. The number of allylic oxidation sites excluding steroid dienone is 6. The van der Waals surface area contributed by atoms with Crippen LogP contribution in [0.5, 0.6) is 0 Å². The largest absolute Gasteiger partial charge is 0.465 e. The first-order valence-corrected chi connectivity index (χ1v) is 3.84. The van der Waals surface area contributed by atoms with Crippen molar-refractivity contribution in [3.63, 3.8) is 0 Å². The van der Waals surface area contributed by atoms with Crippen molar-refractivity contribution in [2.75, 3.05) is 0 Å². The molecule has 2 rings (SSSR count). The molecular weight excluding hydrogens is 136 g/mol. The van der Waals surface area contributed by atoms with Crippen LogP contribution in [-0.4, -0.2) is 0 Å². The summed E-state index contributed by atoms with van der Waals surface area (Å²) in [5.41, 5.74) is 0. The molecule has 0 N–H and O–H groups in total. The fourth-order valence-corrected chi connectivity index (χ4v) is 1.17. The first-order chi connectivity index (χ1) is 5.45. The van der Waals surface area contributed by atoms with E-state index in [1.165, 1.54) is 0 Å². The summed E-state index contributed by atoms with van der Waals surface area (Å²) in [4.78, 5) is 0. The molecule has 0 bridgehead atoms. The normalized spacial score (nSPS) is 20.4. The van der Waals surface area contributed by atoms with E-state index in [1.54, 1.807) is 0 Å². The average molecular weight is 146 g/mol. The first-order valence-electron chi connectivity index (χ1n) is 3.84. The highest BCUT2D eigenvalue weighted by Crippen LogP contribution is 2.20. The molecule has 2 aliphatic rings. The lowest BCUT2D eigenvalue weighted by molar-refractivity contribution is 0.296. The van der Waals surface area contributed by atoms with Gasteiger partial charge < -0.3 is 4.74 Å². The van der Waals surface area contributed by atoms with Gasteiger partial charge in [0, 0.05) is 12.8 Å². The van der Waals surface area contributed by atoms with E-state index >= 15 is 0 Å². The zero-order valence-corrected chi connectivity index (χ0v) is 6.29. The van der Waals surface area contributed by atoms with Gasteiger partial charge in [0.1, 0.15) is 11.5 Å². The summed E-state index contributed by atoms with van der Waals surface area (Å²) in [6.45, 7) is 0. The molecule has 0 heterocycles. The van der Waals surface area contributed by atoms with Crippen molar-refractivity contribution in [2.45, 2.75) is 12.8 Å². The molecule has 11 heavy (non-hydrogen) atoms. The van der Waals surface area contributed by atoms with Gasteiger partial charge in [-0.05, 0) is 12.2 Å². The molecule has 1 heteroatoms. The van der Waals surface area contributed by atoms with Crippen LogP contribution in [0.4, 0.5) is 0 Å². The van der Waals surface area contributed by atoms with Crippen LogP contribution in [0.25, 0.3) is 0 Å². The van der Waals surface area contributed by atoms with Crippen molar-refractivity contribution < 1.29 is 4.74 Å². The van der Waals surface area contributed by atoms with Crippen molar-refractivity contribution in [3.8, 4) is 0 Å². The molecule has 0 spiro atoms. The molecule has 0 amide bonds. The Bertz CT molecular complexity index is 239. The standard InChI is InChI=1S/C10H10O/c1-2-6-9(5-1)11-10-7-3-4-8-10/h1-5,7H,6,8H2. The minimum absolute atomic E-state index is 0.942. The maximum absolute atomic E-state index is 5.57. The van der Waals surface area contributed by atoms with Crippen LogP contribution >= 0.6 is 0 Å². The van der Waals surface area contributed by atoms with Gasteiger partial charge >= 0.3 is 0 Å². The van der Waals surface area contributed by atoms with Crippen molar-refractivity contribution >= 4 is 0 Å². The van der Waals surface area contributed by atoms with Gasteiger partial charge in [-0.1, -0.05) is 24.3 Å². The second kappa shape index (κ2) is 2.79. The molecule has 0 aromatic rings. The Morgan fingerprint density at radius 3 is 1.82 bits per heavy atom. The third-order valence-corrected chi connectivity index (χ3v) is 1.74. The van der Waals surface area contributed by atoms with Gasteiger partial charge in [0.15, 0.2) is 0 Å². The monoisotopic (exact) mass is 146 g/mol. The van der Waals surface area contributed by atoms with Crippen molar-refractivity contribution in [2.24, 2.45) is 0 Å². The Hall–Kier alpha value is -1.24. The SMILES string of the molecule is C1=CCC(OC2=CC=CC2)=C1. The zero-order chi connectivity index (χ0) is 7.52. The number of hydrogen-bond acceptors (Lipinski definition) is 1. The Morgan fingerprint density at radius 1 is 0.909 bits per heavy atom. The summed E-state index contributed by atoms with van der Waals surface area (Å²) in [5, 5.41) is 0. The molecule has 0 unspecified atom stereocenters. The van der Waals surface area contributed by atoms with Crippen molar-refractivity contribution in [1.82, 2.24) is 0 Å². The molecule has 0 saturated heterocycles. The smallest absolute Gasteiger partial charge is 0.107 e. The minimum atomic E-state index is 0.942. The van der Waals surface area contributed by atoms with Crippen molar-refractivity contribution in [1.29, 1.82) is 0 Å². The summed E-state index contributed by atoms with van der Waals surface area (Å²) in [6, 6.07) is 0. The first kappa shape index (κ1) is 6.47. The number of hydrogen-bond donors (Lipinski definition) is 0. The second-order valence-electron chi connectivity index (χ2n) is 2.63. The van der Waals surface area contributed by atoms with E-state index in [2.05, 4.69) is 12.2 Å². The highest BCUT2D eigenvalue weighted by Gasteiger charge is 2.04. The Labute approximate surface area is 66.4 Å². The van der Waals surface area contributed by atoms with Gasteiger partial charge in [-0.15, -0.1) is 0 Å². The lowest BCUT2D eigenvalue weighted by atomic mass is 10.4. The molecule has 0 aliphatic heterocycles. The molecule has 2 aliphatic carbocycles. The Balaban J connectivity index is 1.91. The third kappa shape index (κ3) is 1.43. The van der Waals surface area contributed by atoms with E-state index in [-0.39, 0.29) is 0 Å². The summed E-state index contributed by atoms with van der Waals surface area (Å²) in [5.74, 6) is 2.11. The van der Waals surface area contributed by atoms with E-state index < -0.39 is 0 Å². The lowest BCUT2D eigenvalue weighted by Gasteiger charge is -2.05. The van der Waals surface area contributed by atoms with Crippen molar-refractivity contribution in [3.05, 3.63) is 48.0 Å². The predicted octanol–water partition coefficient (Wildman–Crippen LogP) is 2.69. The summed E-state index contributed by atoms with van der Waals surface area (Å²) in [7, 11) is 0. The summed E-state index contributed by atoms with van der Waals surface area (Å²) >= 11 is 0. The van der Waals surface area contributed by atoms with E-state index in [0.29, 0.717) is 0 Å². The van der Waals surface area contributed by atoms with Gasteiger partial charge in [-0.2, -0.15) is 0 Å². The van der Waals surface area contributed by atoms with Gasteiger partial charge in [-0.25, -0.2) is 0 Å². The molecule has 0 saturated carbocycles. The van der Waals surface area contributed by atoms with Crippen LogP contribution < -0.4 is 0 Å². The zero-order valence-electron chi connectivity index (χ0n) is 6.29. The maximum atomic E-state index is 5.57. The summed E-state index contributed by atoms with van der Waals surface area (Å²) in [6.07, 6.45) is 14.2. The molecule has 56 valence electrons. The molecule has 0 atom stereocenters. The molecule has 1 nitrogen and oxygen atoms in total. The molecule has 0 radical (unpaired) electrons. The topological polar surface area (TPSA) is 9.23 Å². The summed E-state index contributed by atoms with van der Waals surface area (Å²) < 4.78 is 5.57. The van der Waals surface area contributed by atoms with Crippen LogP contribution in [0.3, 0.4) is 0 Å². The van der Waals surface area contributed by atoms with Crippen LogP contribution in [-0.2, 0) is 4.74 Å². The minimum Gasteiger partial charge on any atom is -0.465 e. The Morgan fingerprint density at radius 2 is 1.45 bits per heavy atom. The van der Waals surface area contributed by atoms with Crippen LogP contribution in [0.2, 0.25) is 0 Å². The van der Waals surface area contributed by atoms with E-state index in [0.717, 1.165) is 24.4 Å². The van der Waals surface area contributed by atoms with Crippen LogP contribution in [0.1, 0.15) is 12.8 Å². The fraction of sp³-hybridized carbons (Fsp3) is 0.200. The van der Waals surface area contributed by atoms with E-state index in [9.17, 15) is 0 Å². The molecule has 0 fully saturated rings. The van der Waals surface area contributed by atoms with Gasteiger partial charge in [0.05, 0.1) is 0 Å². The van der Waals surface area contributed by atoms with Gasteiger partial charge in [0.2, 0.25) is 0 Å². The Kier molecular flexibility index (Phi) is 1.64. The predicted molar refractivity (Wildman–Crippen MR) is 44.8 cm³/mol. The molecule has 0 aromatic heterocycles. The molecular formula is C10H10O. The third-order valence-electron chi connectivity index (χ3n) is 1.74. The van der Waals surface area contributed by atoms with Gasteiger partial charge in [0.25, 0.3) is 0 Å². The average Bonchev–Trinajstić information content (AvgIpc) is 2.60. The number of rotatable bonds is 2. The van der Waals surface area contributed by atoms with E-state index in [1.807, 2.05) is 24.3 Å². The maximum Gasteiger partial charge on any atom is 0.107 e. The van der Waals surface area contributed by atoms with Crippen LogP contribution in [0.15, 0.2) is 48.0 Å². The number of ether oxygens (including phenoxy) is 1. The van der Waals surface area contributed by atoms with Gasteiger partial charge in [-0.3, -0.25) is 0 Å².